The summed E-state index contributed by atoms with van der Waals surface area (Å²) < 4.78 is 5.30. The maximum Gasteiger partial charge on any atom is 0.255 e. The minimum atomic E-state index is -0.487. The molecular formula is C17H29IN4O2. The number of carbonyl (C=O) groups excluding carboxylic acids is 1. The Labute approximate surface area is 161 Å². The number of carbonyl (C=O) groups is 1. The quantitative estimate of drug-likeness (QED) is 0.307. The summed E-state index contributed by atoms with van der Waals surface area (Å²) in [7, 11) is 1.76. The fourth-order valence-corrected chi connectivity index (χ4v) is 2.12. The van der Waals surface area contributed by atoms with E-state index in [4.69, 9.17) is 10.5 Å². The minimum Gasteiger partial charge on any atom is -0.484 e. The molecule has 0 aliphatic rings. The number of hydrogen-bond donors (Lipinski definition) is 3. The van der Waals surface area contributed by atoms with Crippen LogP contribution in [0.4, 0.5) is 0 Å². The Morgan fingerprint density at radius 3 is 2.58 bits per heavy atom. The van der Waals surface area contributed by atoms with Gasteiger partial charge in [-0.2, -0.15) is 0 Å². The summed E-state index contributed by atoms with van der Waals surface area (Å²) in [5.41, 5.74) is 6.11. The van der Waals surface area contributed by atoms with Crippen LogP contribution in [0.1, 0.15) is 32.3 Å². The molecule has 0 saturated heterocycles. The van der Waals surface area contributed by atoms with Crippen molar-refractivity contribution in [3.05, 3.63) is 29.8 Å². The Morgan fingerprint density at radius 2 is 2.00 bits per heavy atom. The SMILES string of the molecule is CCC(CC)CNC(=NC)NCc1cccc(OCC(N)=O)c1.I. The number of aliphatic imine (C=N–C) groups is 1. The van der Waals surface area contributed by atoms with Crippen molar-refractivity contribution in [2.75, 3.05) is 20.2 Å². The maximum atomic E-state index is 10.7. The Kier molecular flexibility index (Phi) is 12.0. The van der Waals surface area contributed by atoms with E-state index in [1.54, 1.807) is 13.1 Å². The molecule has 0 heterocycles. The fraction of sp³-hybridized carbons (Fsp3) is 0.529. The van der Waals surface area contributed by atoms with Gasteiger partial charge in [0.25, 0.3) is 5.91 Å². The maximum absolute atomic E-state index is 10.7. The molecule has 1 amide bonds. The number of nitrogens with zero attached hydrogens (tertiary/aromatic N) is 1. The van der Waals surface area contributed by atoms with Crippen LogP contribution in [0.2, 0.25) is 0 Å². The van der Waals surface area contributed by atoms with Gasteiger partial charge in [0.2, 0.25) is 0 Å². The van der Waals surface area contributed by atoms with Crippen molar-refractivity contribution < 1.29 is 9.53 Å². The van der Waals surface area contributed by atoms with Crippen LogP contribution < -0.4 is 21.1 Å². The molecule has 0 bridgehead atoms. The van der Waals surface area contributed by atoms with Gasteiger partial charge in [0.1, 0.15) is 5.75 Å². The van der Waals surface area contributed by atoms with Crippen LogP contribution in [0.15, 0.2) is 29.3 Å². The van der Waals surface area contributed by atoms with Crippen molar-refractivity contribution in [3.63, 3.8) is 0 Å². The second-order valence-corrected chi connectivity index (χ2v) is 5.39. The van der Waals surface area contributed by atoms with Crippen molar-refractivity contribution in [3.8, 4) is 5.75 Å². The number of ether oxygens (including phenoxy) is 1. The molecular weight excluding hydrogens is 419 g/mol. The molecule has 0 spiro atoms. The summed E-state index contributed by atoms with van der Waals surface area (Å²) in [5.74, 6) is 1.57. The van der Waals surface area contributed by atoms with E-state index in [0.717, 1.165) is 30.9 Å². The minimum absolute atomic E-state index is 0. The lowest BCUT2D eigenvalue weighted by Gasteiger charge is -2.17. The first kappa shape index (κ1) is 22.5. The number of nitrogens with one attached hydrogen (secondary N) is 2. The lowest BCUT2D eigenvalue weighted by atomic mass is 10.0. The lowest BCUT2D eigenvalue weighted by molar-refractivity contribution is -0.119. The van der Waals surface area contributed by atoms with E-state index < -0.39 is 5.91 Å². The first-order valence-electron chi connectivity index (χ1n) is 8.03. The summed E-state index contributed by atoms with van der Waals surface area (Å²) in [6, 6.07) is 7.54. The number of halogens is 1. The highest BCUT2D eigenvalue weighted by Gasteiger charge is 2.05. The highest BCUT2D eigenvalue weighted by atomic mass is 127. The molecule has 1 aromatic carbocycles. The molecule has 4 N–H and O–H groups in total. The van der Waals surface area contributed by atoms with Crippen molar-refractivity contribution in [2.24, 2.45) is 16.6 Å². The summed E-state index contributed by atoms with van der Waals surface area (Å²) in [6.45, 7) is 5.81. The average Bonchev–Trinajstić information content (AvgIpc) is 2.57. The standard InChI is InChI=1S/C17H28N4O2.HI/c1-4-13(5-2)10-20-17(19-3)21-11-14-7-6-8-15(9-14)23-12-16(18)22;/h6-9,13H,4-5,10-12H2,1-3H3,(H2,18,22)(H2,19,20,21);1H. The van der Waals surface area contributed by atoms with Gasteiger partial charge < -0.3 is 21.1 Å². The Hall–Kier alpha value is -1.51. The molecule has 0 fully saturated rings. The van der Waals surface area contributed by atoms with Gasteiger partial charge in [-0.25, -0.2) is 0 Å². The Morgan fingerprint density at radius 1 is 1.29 bits per heavy atom. The number of rotatable bonds is 9. The lowest BCUT2D eigenvalue weighted by Crippen LogP contribution is -2.39. The molecule has 0 radical (unpaired) electrons. The van der Waals surface area contributed by atoms with Crippen LogP contribution in [-0.2, 0) is 11.3 Å². The highest BCUT2D eigenvalue weighted by Crippen LogP contribution is 2.13. The molecule has 0 aromatic heterocycles. The third-order valence-corrected chi connectivity index (χ3v) is 3.68. The topological polar surface area (TPSA) is 88.7 Å². The zero-order chi connectivity index (χ0) is 17.1. The van der Waals surface area contributed by atoms with E-state index >= 15 is 0 Å². The number of nitrogens with two attached hydrogens (primary N) is 1. The second-order valence-electron chi connectivity index (χ2n) is 5.39. The summed E-state index contributed by atoms with van der Waals surface area (Å²) >= 11 is 0. The summed E-state index contributed by atoms with van der Waals surface area (Å²) in [5, 5.41) is 6.62. The molecule has 6 nitrogen and oxygen atoms in total. The molecule has 1 rings (SSSR count). The molecule has 0 aliphatic carbocycles. The molecule has 0 saturated carbocycles. The number of guanidine groups is 1. The van der Waals surface area contributed by atoms with E-state index in [2.05, 4.69) is 29.5 Å². The number of benzene rings is 1. The van der Waals surface area contributed by atoms with Crippen molar-refractivity contribution >= 4 is 35.8 Å². The van der Waals surface area contributed by atoms with Crippen molar-refractivity contribution in [1.29, 1.82) is 0 Å². The predicted octanol–water partition coefficient (Wildman–Crippen LogP) is 2.27. The van der Waals surface area contributed by atoms with Crippen LogP contribution in [0.25, 0.3) is 0 Å². The second kappa shape index (κ2) is 12.9. The van der Waals surface area contributed by atoms with E-state index in [1.165, 1.54) is 0 Å². The van der Waals surface area contributed by atoms with Gasteiger partial charge >= 0.3 is 0 Å². The Bertz CT molecular complexity index is 519. The predicted molar refractivity (Wildman–Crippen MR) is 109 cm³/mol. The normalized spacial score (nSPS) is 10.9. The van der Waals surface area contributed by atoms with Gasteiger partial charge in [0.15, 0.2) is 12.6 Å². The van der Waals surface area contributed by atoms with Crippen molar-refractivity contribution in [2.45, 2.75) is 33.2 Å². The monoisotopic (exact) mass is 448 g/mol. The van der Waals surface area contributed by atoms with Crippen LogP contribution in [0.3, 0.4) is 0 Å². The van der Waals surface area contributed by atoms with Gasteiger partial charge in [-0.1, -0.05) is 38.8 Å². The number of primary amides is 1. The van der Waals surface area contributed by atoms with E-state index in [-0.39, 0.29) is 30.6 Å². The van der Waals surface area contributed by atoms with E-state index in [0.29, 0.717) is 18.2 Å². The van der Waals surface area contributed by atoms with Crippen molar-refractivity contribution in [1.82, 2.24) is 10.6 Å². The summed E-state index contributed by atoms with van der Waals surface area (Å²) in [4.78, 5) is 15.0. The number of hydrogen-bond acceptors (Lipinski definition) is 3. The number of amides is 1. The molecule has 136 valence electrons. The van der Waals surface area contributed by atoms with Crippen LogP contribution in [0.5, 0.6) is 5.75 Å². The van der Waals surface area contributed by atoms with Crippen LogP contribution >= 0.6 is 24.0 Å². The van der Waals surface area contributed by atoms with Gasteiger partial charge in [-0.3, -0.25) is 9.79 Å². The van der Waals surface area contributed by atoms with E-state index in [1.807, 2.05) is 18.2 Å². The zero-order valence-electron chi connectivity index (χ0n) is 14.7. The average molecular weight is 448 g/mol. The molecule has 0 atom stereocenters. The van der Waals surface area contributed by atoms with Gasteiger partial charge in [0.05, 0.1) is 0 Å². The van der Waals surface area contributed by atoms with Gasteiger partial charge in [-0.05, 0) is 23.6 Å². The molecule has 0 aliphatic heterocycles. The van der Waals surface area contributed by atoms with Gasteiger partial charge in [-0.15, -0.1) is 24.0 Å². The Balaban J connectivity index is 0.00000529. The van der Waals surface area contributed by atoms with Crippen LogP contribution in [0, 0.1) is 5.92 Å². The largest absolute Gasteiger partial charge is 0.484 e. The van der Waals surface area contributed by atoms with Gasteiger partial charge in [0, 0.05) is 20.1 Å². The fourth-order valence-electron chi connectivity index (χ4n) is 2.12. The third kappa shape index (κ3) is 8.95. The third-order valence-electron chi connectivity index (χ3n) is 3.68. The van der Waals surface area contributed by atoms with E-state index in [9.17, 15) is 4.79 Å². The molecule has 1 aromatic rings. The molecule has 24 heavy (non-hydrogen) atoms. The first-order chi connectivity index (χ1) is 11.1. The molecule has 7 heteroatoms. The highest BCUT2D eigenvalue weighted by molar-refractivity contribution is 14.0. The zero-order valence-corrected chi connectivity index (χ0v) is 17.0. The molecule has 0 unspecified atom stereocenters. The summed E-state index contributed by atoms with van der Waals surface area (Å²) in [6.07, 6.45) is 2.31. The van der Waals surface area contributed by atoms with Crippen LogP contribution in [-0.4, -0.2) is 32.1 Å². The first-order valence-corrected chi connectivity index (χ1v) is 8.03. The smallest absolute Gasteiger partial charge is 0.255 e.